The van der Waals surface area contributed by atoms with Crippen LogP contribution in [0, 0.1) is 5.41 Å². The van der Waals surface area contributed by atoms with Crippen molar-refractivity contribution in [3.63, 3.8) is 0 Å². The highest BCUT2D eigenvalue weighted by Gasteiger charge is 2.33. The highest BCUT2D eigenvalue weighted by molar-refractivity contribution is 6.19. The number of carbonyl (C=O) groups is 1. The largest absolute Gasteiger partial charge is 0.389 e. The lowest BCUT2D eigenvalue weighted by Crippen LogP contribution is -2.54. The van der Waals surface area contributed by atoms with Crippen LogP contribution in [0.5, 0.6) is 0 Å². The molecule has 0 unspecified atom stereocenters. The zero-order valence-corrected chi connectivity index (χ0v) is 12.6. The Morgan fingerprint density at radius 3 is 2.06 bits per heavy atom. The van der Waals surface area contributed by atoms with Crippen LogP contribution in [0.2, 0.25) is 0 Å². The van der Waals surface area contributed by atoms with Crippen molar-refractivity contribution in [2.75, 3.05) is 38.6 Å². The van der Waals surface area contributed by atoms with Gasteiger partial charge in [-0.3, -0.25) is 9.69 Å². The summed E-state index contributed by atoms with van der Waals surface area (Å²) in [4.78, 5) is 16.3. The number of aliphatic hydroxyl groups is 1. The number of piperazine rings is 1. The van der Waals surface area contributed by atoms with Gasteiger partial charge in [-0.2, -0.15) is 0 Å². The van der Waals surface area contributed by atoms with Crippen LogP contribution in [0.25, 0.3) is 0 Å². The van der Waals surface area contributed by atoms with Gasteiger partial charge < -0.3 is 10.0 Å². The minimum absolute atomic E-state index is 0.125. The molecule has 0 spiro atoms. The summed E-state index contributed by atoms with van der Waals surface area (Å²) in [6.45, 7) is 11.1. The van der Waals surface area contributed by atoms with E-state index in [-0.39, 0.29) is 5.91 Å². The molecule has 0 atom stereocenters. The highest BCUT2D eigenvalue weighted by Crippen LogP contribution is 2.21. The molecule has 18 heavy (non-hydrogen) atoms. The maximum Gasteiger partial charge on any atom is 0.229 e. The number of nitrogens with zero attached hydrogens (tertiary/aromatic N) is 2. The van der Waals surface area contributed by atoms with Gasteiger partial charge in [0.2, 0.25) is 5.91 Å². The summed E-state index contributed by atoms with van der Waals surface area (Å²) in [6.07, 6.45) is 0. The Hall–Kier alpha value is -0.320. The lowest BCUT2D eigenvalue weighted by molar-refractivity contribution is -0.141. The molecule has 1 aliphatic rings. The summed E-state index contributed by atoms with van der Waals surface area (Å²) in [6, 6.07) is 0. The van der Waals surface area contributed by atoms with Gasteiger partial charge in [-0.25, -0.2) is 0 Å². The van der Waals surface area contributed by atoms with E-state index in [1.807, 2.05) is 18.7 Å². The van der Waals surface area contributed by atoms with Crippen LogP contribution in [0.1, 0.15) is 27.7 Å². The topological polar surface area (TPSA) is 43.8 Å². The number of carbonyl (C=O) groups excluding carboxylic acids is 1. The lowest BCUT2D eigenvalue weighted by atomic mass is 9.94. The van der Waals surface area contributed by atoms with Gasteiger partial charge in [0.15, 0.2) is 0 Å². The summed E-state index contributed by atoms with van der Waals surface area (Å²) >= 11 is 5.83. The quantitative estimate of drug-likeness (QED) is 0.784. The van der Waals surface area contributed by atoms with E-state index in [4.69, 9.17) is 11.6 Å². The van der Waals surface area contributed by atoms with Gasteiger partial charge in [0, 0.05) is 38.6 Å². The minimum atomic E-state index is -0.679. The zero-order valence-electron chi connectivity index (χ0n) is 11.9. The standard InChI is InChI=1S/C13H25ClN2O2/c1-12(2,9-14)11(17)16-7-5-15(6-8-16)10-13(3,4)18/h18H,5-10H2,1-4H3. The number of rotatable bonds is 4. The molecular formula is C13H25ClN2O2. The zero-order chi connectivity index (χ0) is 14.0. The average Bonchev–Trinajstić information content (AvgIpc) is 2.27. The number of β-amino-alcohol motifs (C(OH)–C–C–N with tert-alkyl or cyclic N) is 1. The third-order valence-electron chi connectivity index (χ3n) is 3.18. The van der Waals surface area contributed by atoms with Crippen LogP contribution in [-0.4, -0.2) is 65.0 Å². The smallest absolute Gasteiger partial charge is 0.229 e. The van der Waals surface area contributed by atoms with Crippen molar-refractivity contribution in [2.45, 2.75) is 33.3 Å². The summed E-state index contributed by atoms with van der Waals surface area (Å²) in [5.41, 5.74) is -1.17. The SMILES string of the molecule is CC(C)(O)CN1CCN(C(=O)C(C)(C)CCl)CC1. The summed E-state index contributed by atoms with van der Waals surface area (Å²) in [5, 5.41) is 9.77. The molecule has 0 radical (unpaired) electrons. The third kappa shape index (κ3) is 4.41. The van der Waals surface area contributed by atoms with E-state index in [2.05, 4.69) is 4.90 Å². The summed E-state index contributed by atoms with van der Waals surface area (Å²) in [7, 11) is 0. The Morgan fingerprint density at radius 2 is 1.67 bits per heavy atom. The molecule has 1 aliphatic heterocycles. The first-order valence-corrected chi connectivity index (χ1v) is 6.99. The molecule has 0 aliphatic carbocycles. The Labute approximate surface area is 115 Å². The lowest BCUT2D eigenvalue weighted by Gasteiger charge is -2.39. The van der Waals surface area contributed by atoms with E-state index in [9.17, 15) is 9.90 Å². The van der Waals surface area contributed by atoms with Crippen molar-refractivity contribution < 1.29 is 9.90 Å². The maximum absolute atomic E-state index is 12.2. The molecule has 4 nitrogen and oxygen atoms in total. The predicted molar refractivity (Wildman–Crippen MR) is 73.8 cm³/mol. The van der Waals surface area contributed by atoms with Crippen LogP contribution in [0.3, 0.4) is 0 Å². The fourth-order valence-corrected chi connectivity index (χ4v) is 2.26. The van der Waals surface area contributed by atoms with Gasteiger partial charge in [-0.15, -0.1) is 11.6 Å². The fraction of sp³-hybridized carbons (Fsp3) is 0.923. The molecule has 0 aromatic carbocycles. The first kappa shape index (κ1) is 15.7. The molecule has 0 aromatic rings. The average molecular weight is 277 g/mol. The van der Waals surface area contributed by atoms with Crippen molar-refractivity contribution in [3.05, 3.63) is 0 Å². The van der Waals surface area contributed by atoms with Crippen molar-refractivity contribution in [1.29, 1.82) is 0 Å². The fourth-order valence-electron chi connectivity index (χ4n) is 2.14. The Kier molecular flexibility index (Phi) is 5.04. The van der Waals surface area contributed by atoms with E-state index in [1.165, 1.54) is 0 Å². The van der Waals surface area contributed by atoms with Crippen molar-refractivity contribution in [2.24, 2.45) is 5.41 Å². The monoisotopic (exact) mass is 276 g/mol. The third-order valence-corrected chi connectivity index (χ3v) is 3.85. The molecule has 1 heterocycles. The molecule has 5 heteroatoms. The molecule has 1 amide bonds. The van der Waals surface area contributed by atoms with E-state index >= 15 is 0 Å². The van der Waals surface area contributed by atoms with E-state index < -0.39 is 11.0 Å². The first-order chi connectivity index (χ1) is 8.15. The van der Waals surface area contributed by atoms with Crippen LogP contribution in [0.4, 0.5) is 0 Å². The molecule has 0 aromatic heterocycles. The van der Waals surface area contributed by atoms with Gasteiger partial charge in [-0.05, 0) is 27.7 Å². The second kappa shape index (κ2) is 5.76. The first-order valence-electron chi connectivity index (χ1n) is 6.46. The van der Waals surface area contributed by atoms with Crippen molar-refractivity contribution in [3.8, 4) is 0 Å². The Bertz CT molecular complexity index is 292. The van der Waals surface area contributed by atoms with Crippen LogP contribution in [0.15, 0.2) is 0 Å². The van der Waals surface area contributed by atoms with Crippen LogP contribution in [-0.2, 0) is 4.79 Å². The second-order valence-electron chi connectivity index (χ2n) is 6.40. The van der Waals surface area contributed by atoms with Crippen LogP contribution < -0.4 is 0 Å². The van der Waals surface area contributed by atoms with Crippen LogP contribution >= 0.6 is 11.6 Å². The minimum Gasteiger partial charge on any atom is -0.389 e. The molecule has 1 saturated heterocycles. The van der Waals surface area contributed by atoms with Gasteiger partial charge >= 0.3 is 0 Å². The molecule has 0 bridgehead atoms. The molecule has 1 N–H and O–H groups in total. The highest BCUT2D eigenvalue weighted by atomic mass is 35.5. The predicted octanol–water partition coefficient (Wildman–Crippen LogP) is 1.17. The van der Waals surface area contributed by atoms with Crippen molar-refractivity contribution in [1.82, 2.24) is 9.80 Å². The summed E-state index contributed by atoms with van der Waals surface area (Å²) in [5.74, 6) is 0.468. The van der Waals surface area contributed by atoms with Crippen molar-refractivity contribution >= 4 is 17.5 Å². The van der Waals surface area contributed by atoms with Gasteiger partial charge in [-0.1, -0.05) is 0 Å². The number of halogens is 1. The van der Waals surface area contributed by atoms with E-state index in [0.717, 1.165) is 26.2 Å². The van der Waals surface area contributed by atoms with Gasteiger partial charge in [0.1, 0.15) is 0 Å². The second-order valence-corrected chi connectivity index (χ2v) is 6.67. The number of hydrogen-bond acceptors (Lipinski definition) is 3. The number of hydrogen-bond donors (Lipinski definition) is 1. The Morgan fingerprint density at radius 1 is 1.17 bits per heavy atom. The molecular weight excluding hydrogens is 252 g/mol. The number of amides is 1. The molecule has 106 valence electrons. The van der Waals surface area contributed by atoms with E-state index in [1.54, 1.807) is 13.8 Å². The Balaban J connectivity index is 2.47. The number of alkyl halides is 1. The normalized spacial score (nSPS) is 19.1. The molecule has 1 rings (SSSR count). The summed E-state index contributed by atoms with van der Waals surface area (Å²) < 4.78 is 0. The molecule has 1 fully saturated rings. The molecule has 0 saturated carbocycles. The van der Waals surface area contributed by atoms with E-state index in [0.29, 0.717) is 12.4 Å². The van der Waals surface area contributed by atoms with Gasteiger partial charge in [0.05, 0.1) is 11.0 Å². The van der Waals surface area contributed by atoms with Gasteiger partial charge in [0.25, 0.3) is 0 Å². The maximum atomic E-state index is 12.2.